The van der Waals surface area contributed by atoms with E-state index in [9.17, 15) is 4.79 Å². The zero-order valence-corrected chi connectivity index (χ0v) is 12.1. The van der Waals surface area contributed by atoms with Crippen LogP contribution in [0.5, 0.6) is 5.75 Å². The highest BCUT2D eigenvalue weighted by Gasteiger charge is 2.42. The lowest BCUT2D eigenvalue weighted by Gasteiger charge is -2.38. The molecule has 6 heteroatoms. The summed E-state index contributed by atoms with van der Waals surface area (Å²) < 4.78 is 16.6. The first kappa shape index (κ1) is 14.2. The van der Waals surface area contributed by atoms with Gasteiger partial charge in [0.2, 0.25) is 0 Å². The Kier molecular flexibility index (Phi) is 3.73. The summed E-state index contributed by atoms with van der Waals surface area (Å²) in [5.41, 5.74) is 6.86. The number of nitrogen functional groups attached to an aromatic ring is 1. The average Bonchev–Trinajstić information content (AvgIpc) is 2.93. The van der Waals surface area contributed by atoms with E-state index in [-0.39, 0.29) is 5.91 Å². The number of nitrogens with zero attached hydrogens (tertiary/aromatic N) is 1. The van der Waals surface area contributed by atoms with E-state index in [1.54, 1.807) is 30.2 Å². The van der Waals surface area contributed by atoms with Gasteiger partial charge in [0.25, 0.3) is 5.91 Å². The average molecular weight is 292 g/mol. The topological polar surface area (TPSA) is 74.0 Å². The van der Waals surface area contributed by atoms with Gasteiger partial charge in [-0.3, -0.25) is 4.79 Å². The minimum Gasteiger partial charge on any atom is -0.497 e. The Hall–Kier alpha value is -1.79. The summed E-state index contributed by atoms with van der Waals surface area (Å²) in [7, 11) is 1.55. The maximum absolute atomic E-state index is 12.7. The zero-order chi connectivity index (χ0) is 14.9. The fourth-order valence-corrected chi connectivity index (χ4v) is 2.94. The molecule has 1 spiro atoms. The van der Waals surface area contributed by atoms with E-state index in [0.717, 1.165) is 12.8 Å². The van der Waals surface area contributed by atoms with E-state index in [4.69, 9.17) is 19.9 Å². The second kappa shape index (κ2) is 5.54. The SMILES string of the molecule is COc1cc(N)cc(C(=O)N2CCCC3(C2)OCCO3)c1. The highest BCUT2D eigenvalue weighted by Crippen LogP contribution is 2.31. The molecule has 2 N–H and O–H groups in total. The number of carbonyl (C=O) groups excluding carboxylic acids is 1. The van der Waals surface area contributed by atoms with E-state index in [1.807, 2.05) is 0 Å². The number of amides is 1. The minimum absolute atomic E-state index is 0.0706. The fraction of sp³-hybridized carbons (Fsp3) is 0.533. The lowest BCUT2D eigenvalue weighted by molar-refractivity contribution is -0.183. The van der Waals surface area contributed by atoms with Gasteiger partial charge in [0.05, 0.1) is 26.9 Å². The molecule has 0 atom stereocenters. The van der Waals surface area contributed by atoms with Crippen LogP contribution in [0.3, 0.4) is 0 Å². The van der Waals surface area contributed by atoms with Crippen molar-refractivity contribution in [1.29, 1.82) is 0 Å². The number of benzene rings is 1. The summed E-state index contributed by atoms with van der Waals surface area (Å²) in [6.07, 6.45) is 1.70. The maximum atomic E-state index is 12.7. The Bertz CT molecular complexity index is 540. The van der Waals surface area contributed by atoms with E-state index < -0.39 is 5.79 Å². The number of ether oxygens (including phenoxy) is 3. The summed E-state index contributed by atoms with van der Waals surface area (Å²) in [6, 6.07) is 5.07. The summed E-state index contributed by atoms with van der Waals surface area (Å²) in [6.45, 7) is 2.34. The summed E-state index contributed by atoms with van der Waals surface area (Å²) >= 11 is 0. The van der Waals surface area contributed by atoms with Crippen LogP contribution in [0.25, 0.3) is 0 Å². The first-order valence-corrected chi connectivity index (χ1v) is 7.14. The predicted octanol–water partition coefficient (Wildman–Crippen LogP) is 1.26. The van der Waals surface area contributed by atoms with Gasteiger partial charge in [-0.15, -0.1) is 0 Å². The molecule has 114 valence electrons. The predicted molar refractivity (Wildman–Crippen MR) is 77.2 cm³/mol. The molecule has 2 aliphatic heterocycles. The number of likely N-dealkylation sites (tertiary alicyclic amines) is 1. The minimum atomic E-state index is -0.613. The second-order valence-electron chi connectivity index (χ2n) is 5.43. The van der Waals surface area contributed by atoms with Crippen LogP contribution in [0.1, 0.15) is 23.2 Å². The van der Waals surface area contributed by atoms with Crippen LogP contribution in [-0.4, -0.2) is 50.0 Å². The third-order valence-electron chi connectivity index (χ3n) is 3.93. The Morgan fingerprint density at radius 3 is 2.81 bits per heavy atom. The number of hydrogen-bond acceptors (Lipinski definition) is 5. The molecule has 0 radical (unpaired) electrons. The molecule has 6 nitrogen and oxygen atoms in total. The van der Waals surface area contributed by atoms with Crippen LogP contribution in [0.15, 0.2) is 18.2 Å². The van der Waals surface area contributed by atoms with Crippen LogP contribution in [0, 0.1) is 0 Å². The van der Waals surface area contributed by atoms with Gasteiger partial charge in [0, 0.05) is 30.3 Å². The largest absolute Gasteiger partial charge is 0.497 e. The van der Waals surface area contributed by atoms with Crippen molar-refractivity contribution in [2.45, 2.75) is 18.6 Å². The number of rotatable bonds is 2. The first-order chi connectivity index (χ1) is 10.1. The Morgan fingerprint density at radius 2 is 2.10 bits per heavy atom. The molecule has 0 saturated carbocycles. The molecular formula is C15H20N2O4. The smallest absolute Gasteiger partial charge is 0.254 e. The molecule has 1 amide bonds. The molecule has 2 aliphatic rings. The van der Waals surface area contributed by atoms with Crippen molar-refractivity contribution in [3.05, 3.63) is 23.8 Å². The molecule has 2 heterocycles. The van der Waals surface area contributed by atoms with E-state index >= 15 is 0 Å². The number of hydrogen-bond donors (Lipinski definition) is 1. The third-order valence-corrected chi connectivity index (χ3v) is 3.93. The Labute approximate surface area is 123 Å². The van der Waals surface area contributed by atoms with Crippen molar-refractivity contribution >= 4 is 11.6 Å². The number of methoxy groups -OCH3 is 1. The normalized spacial score (nSPS) is 20.7. The lowest BCUT2D eigenvalue weighted by atomic mass is 10.0. The van der Waals surface area contributed by atoms with Crippen molar-refractivity contribution < 1.29 is 19.0 Å². The lowest BCUT2D eigenvalue weighted by Crippen LogP contribution is -2.51. The fourth-order valence-electron chi connectivity index (χ4n) is 2.94. The third kappa shape index (κ3) is 2.82. The maximum Gasteiger partial charge on any atom is 0.254 e. The highest BCUT2D eigenvalue weighted by atomic mass is 16.7. The van der Waals surface area contributed by atoms with E-state index in [1.165, 1.54) is 0 Å². The molecule has 0 unspecified atom stereocenters. The van der Waals surface area contributed by atoms with Gasteiger partial charge in [-0.1, -0.05) is 0 Å². The number of piperidine rings is 1. The Balaban J connectivity index is 1.79. The van der Waals surface area contributed by atoms with Crippen molar-refractivity contribution in [3.63, 3.8) is 0 Å². The molecule has 0 bridgehead atoms. The zero-order valence-electron chi connectivity index (χ0n) is 12.1. The van der Waals surface area contributed by atoms with Crippen LogP contribution in [0.4, 0.5) is 5.69 Å². The molecular weight excluding hydrogens is 272 g/mol. The van der Waals surface area contributed by atoms with E-state index in [2.05, 4.69) is 0 Å². The van der Waals surface area contributed by atoms with Crippen LogP contribution in [-0.2, 0) is 9.47 Å². The molecule has 1 aromatic carbocycles. The quantitative estimate of drug-likeness (QED) is 0.831. The van der Waals surface area contributed by atoms with Gasteiger partial charge in [0.1, 0.15) is 5.75 Å². The Morgan fingerprint density at radius 1 is 1.33 bits per heavy atom. The van der Waals surface area contributed by atoms with Crippen molar-refractivity contribution in [3.8, 4) is 5.75 Å². The van der Waals surface area contributed by atoms with Gasteiger partial charge >= 0.3 is 0 Å². The highest BCUT2D eigenvalue weighted by molar-refractivity contribution is 5.95. The van der Waals surface area contributed by atoms with Gasteiger partial charge < -0.3 is 24.8 Å². The number of carbonyl (C=O) groups is 1. The molecule has 2 fully saturated rings. The van der Waals surface area contributed by atoms with Gasteiger partial charge in [-0.25, -0.2) is 0 Å². The van der Waals surface area contributed by atoms with Crippen LogP contribution in [0.2, 0.25) is 0 Å². The van der Waals surface area contributed by atoms with Crippen LogP contribution >= 0.6 is 0 Å². The molecule has 1 aromatic rings. The number of nitrogens with two attached hydrogens (primary N) is 1. The molecule has 0 aliphatic carbocycles. The summed E-state index contributed by atoms with van der Waals surface area (Å²) in [5, 5.41) is 0. The van der Waals surface area contributed by atoms with Gasteiger partial charge in [0.15, 0.2) is 5.79 Å². The molecule has 21 heavy (non-hydrogen) atoms. The second-order valence-corrected chi connectivity index (χ2v) is 5.43. The molecule has 3 rings (SSSR count). The molecule has 0 aromatic heterocycles. The van der Waals surface area contributed by atoms with Crippen molar-refractivity contribution in [2.75, 3.05) is 39.1 Å². The van der Waals surface area contributed by atoms with Crippen molar-refractivity contribution in [1.82, 2.24) is 4.90 Å². The van der Waals surface area contributed by atoms with Gasteiger partial charge in [-0.2, -0.15) is 0 Å². The monoisotopic (exact) mass is 292 g/mol. The molecule has 2 saturated heterocycles. The van der Waals surface area contributed by atoms with Gasteiger partial charge in [-0.05, 0) is 18.6 Å². The van der Waals surface area contributed by atoms with Crippen LogP contribution < -0.4 is 10.5 Å². The van der Waals surface area contributed by atoms with E-state index in [0.29, 0.717) is 43.3 Å². The van der Waals surface area contributed by atoms with Crippen molar-refractivity contribution in [2.24, 2.45) is 0 Å². The summed E-state index contributed by atoms with van der Waals surface area (Å²) in [5.74, 6) is -0.101. The summed E-state index contributed by atoms with van der Waals surface area (Å²) in [4.78, 5) is 14.4. The first-order valence-electron chi connectivity index (χ1n) is 7.14. The number of anilines is 1. The standard InChI is InChI=1S/C15H20N2O4/c1-19-13-8-11(7-12(16)9-13)14(18)17-4-2-3-15(10-17)20-5-6-21-15/h7-9H,2-6,10,16H2,1H3.